The molecule has 0 bridgehead atoms. The Hall–Kier alpha value is -2.53. The molecular weight excluding hydrogens is 388 g/mol. The van der Waals surface area contributed by atoms with Crippen LogP contribution in [0.2, 0.25) is 5.02 Å². The smallest absolute Gasteiger partial charge is 0.253 e. The summed E-state index contributed by atoms with van der Waals surface area (Å²) in [6, 6.07) is 14.8. The zero-order valence-electron chi connectivity index (χ0n) is 16.6. The molecule has 1 heterocycles. The molecule has 0 N–H and O–H groups in total. The van der Waals surface area contributed by atoms with Crippen molar-refractivity contribution in [1.29, 1.82) is 0 Å². The van der Waals surface area contributed by atoms with Crippen molar-refractivity contribution in [2.75, 3.05) is 33.3 Å². The number of nitrogens with zero attached hydrogens (tertiary/aromatic N) is 2. The van der Waals surface area contributed by atoms with E-state index in [9.17, 15) is 9.59 Å². The Balaban J connectivity index is 1.41. The normalized spacial score (nSPS) is 18.1. The van der Waals surface area contributed by atoms with E-state index in [1.165, 1.54) is 0 Å². The van der Waals surface area contributed by atoms with Gasteiger partial charge in [0.05, 0.1) is 12.5 Å². The molecule has 0 spiro atoms. The molecule has 0 radical (unpaired) electrons. The van der Waals surface area contributed by atoms with E-state index in [1.54, 1.807) is 31.4 Å². The average molecular weight is 413 g/mol. The fourth-order valence-corrected chi connectivity index (χ4v) is 4.38. The van der Waals surface area contributed by atoms with Crippen molar-refractivity contribution in [3.63, 3.8) is 0 Å². The molecule has 1 aliphatic carbocycles. The Kier molecular flexibility index (Phi) is 5.50. The lowest BCUT2D eigenvalue weighted by molar-refractivity contribution is -0.142. The number of amides is 2. The molecule has 4 rings (SSSR count). The number of benzene rings is 2. The highest BCUT2D eigenvalue weighted by molar-refractivity contribution is 6.30. The van der Waals surface area contributed by atoms with Crippen molar-refractivity contribution in [2.24, 2.45) is 0 Å². The minimum atomic E-state index is -0.424. The Labute approximate surface area is 176 Å². The van der Waals surface area contributed by atoms with Crippen molar-refractivity contribution in [2.45, 2.75) is 24.7 Å². The lowest BCUT2D eigenvalue weighted by Gasteiger charge is -2.46. The predicted molar refractivity (Wildman–Crippen MR) is 112 cm³/mol. The number of halogens is 1. The minimum absolute atomic E-state index is 0.00388. The lowest BCUT2D eigenvalue weighted by Crippen LogP contribution is -2.57. The second-order valence-corrected chi connectivity index (χ2v) is 8.19. The highest BCUT2D eigenvalue weighted by atomic mass is 35.5. The molecule has 2 aromatic rings. The molecule has 2 fully saturated rings. The highest BCUT2D eigenvalue weighted by Crippen LogP contribution is 2.45. The van der Waals surface area contributed by atoms with Crippen LogP contribution in [0.1, 0.15) is 35.2 Å². The first-order valence-electron chi connectivity index (χ1n) is 10.0. The third-order valence-electron chi connectivity index (χ3n) is 6.20. The van der Waals surface area contributed by atoms with Crippen molar-refractivity contribution in [1.82, 2.24) is 9.80 Å². The van der Waals surface area contributed by atoms with Crippen LogP contribution in [0.15, 0.2) is 48.5 Å². The van der Waals surface area contributed by atoms with Gasteiger partial charge >= 0.3 is 0 Å². The molecule has 5 nitrogen and oxygen atoms in total. The van der Waals surface area contributed by atoms with E-state index in [-0.39, 0.29) is 11.8 Å². The van der Waals surface area contributed by atoms with Gasteiger partial charge in [-0.15, -0.1) is 0 Å². The van der Waals surface area contributed by atoms with Crippen LogP contribution in [0, 0.1) is 0 Å². The van der Waals surface area contributed by atoms with Crippen molar-refractivity contribution in [3.05, 3.63) is 64.7 Å². The van der Waals surface area contributed by atoms with Gasteiger partial charge in [0.2, 0.25) is 5.91 Å². The largest absolute Gasteiger partial charge is 0.497 e. The molecule has 0 unspecified atom stereocenters. The summed E-state index contributed by atoms with van der Waals surface area (Å²) in [5, 5.41) is 0.682. The molecule has 152 valence electrons. The SMILES string of the molecule is COc1ccc(C(=O)N2CCN(C(=O)C3(c4ccc(Cl)cc4)CCC3)CC2)cc1. The maximum Gasteiger partial charge on any atom is 0.253 e. The van der Waals surface area contributed by atoms with Crippen LogP contribution < -0.4 is 4.74 Å². The zero-order chi connectivity index (χ0) is 20.4. The van der Waals surface area contributed by atoms with Gasteiger partial charge in [0.25, 0.3) is 5.91 Å². The van der Waals surface area contributed by atoms with Crippen molar-refractivity contribution >= 4 is 23.4 Å². The Morgan fingerprint density at radius 2 is 1.48 bits per heavy atom. The monoisotopic (exact) mass is 412 g/mol. The van der Waals surface area contributed by atoms with Crippen LogP contribution >= 0.6 is 11.6 Å². The molecular formula is C23H25ClN2O3. The average Bonchev–Trinajstić information content (AvgIpc) is 2.74. The van der Waals surface area contributed by atoms with Gasteiger partial charge in [0.1, 0.15) is 5.75 Å². The number of carbonyl (C=O) groups excluding carboxylic acids is 2. The number of ether oxygens (including phenoxy) is 1. The first kappa shape index (κ1) is 19.8. The molecule has 2 aromatic carbocycles. The second-order valence-electron chi connectivity index (χ2n) is 7.76. The predicted octanol–water partition coefficient (Wildman–Crippen LogP) is 3.75. The fourth-order valence-electron chi connectivity index (χ4n) is 4.26. The van der Waals surface area contributed by atoms with Crippen LogP contribution in [0.4, 0.5) is 0 Å². The first-order valence-corrected chi connectivity index (χ1v) is 10.4. The Bertz CT molecular complexity index is 883. The molecule has 1 saturated heterocycles. The summed E-state index contributed by atoms with van der Waals surface area (Å²) in [5.41, 5.74) is 1.27. The summed E-state index contributed by atoms with van der Waals surface area (Å²) in [6.45, 7) is 2.23. The summed E-state index contributed by atoms with van der Waals surface area (Å²) in [4.78, 5) is 29.9. The summed E-state index contributed by atoms with van der Waals surface area (Å²) in [7, 11) is 1.60. The topological polar surface area (TPSA) is 49.9 Å². The van der Waals surface area contributed by atoms with E-state index >= 15 is 0 Å². The standard InChI is InChI=1S/C23H25ClN2O3/c1-29-20-9-3-17(4-10-20)21(27)25-13-15-26(16-14-25)22(28)23(11-2-12-23)18-5-7-19(24)8-6-18/h3-10H,2,11-16H2,1H3. The van der Waals surface area contributed by atoms with Gasteiger partial charge in [0.15, 0.2) is 0 Å². The maximum atomic E-state index is 13.4. The number of methoxy groups -OCH3 is 1. The van der Waals surface area contributed by atoms with Crippen LogP contribution in [-0.2, 0) is 10.2 Å². The first-order chi connectivity index (χ1) is 14.0. The Morgan fingerprint density at radius 3 is 2.00 bits per heavy atom. The van der Waals surface area contributed by atoms with Gasteiger partial charge in [0, 0.05) is 36.8 Å². The summed E-state index contributed by atoms with van der Waals surface area (Å²) >= 11 is 6.02. The quantitative estimate of drug-likeness (QED) is 0.768. The van der Waals surface area contributed by atoms with Crippen LogP contribution in [0.25, 0.3) is 0 Å². The molecule has 1 saturated carbocycles. The van der Waals surface area contributed by atoms with E-state index in [4.69, 9.17) is 16.3 Å². The molecule has 2 aliphatic rings. The number of rotatable bonds is 4. The molecule has 6 heteroatoms. The van der Waals surface area contributed by atoms with Crippen LogP contribution in [0.3, 0.4) is 0 Å². The minimum Gasteiger partial charge on any atom is -0.497 e. The molecule has 0 atom stereocenters. The van der Waals surface area contributed by atoms with E-state index in [1.807, 2.05) is 34.1 Å². The Morgan fingerprint density at radius 1 is 0.897 bits per heavy atom. The third kappa shape index (κ3) is 3.71. The van der Waals surface area contributed by atoms with Gasteiger partial charge in [-0.3, -0.25) is 9.59 Å². The zero-order valence-corrected chi connectivity index (χ0v) is 17.3. The number of hydrogen-bond acceptors (Lipinski definition) is 3. The van der Waals surface area contributed by atoms with Crippen LogP contribution in [0.5, 0.6) is 5.75 Å². The van der Waals surface area contributed by atoms with Crippen molar-refractivity contribution < 1.29 is 14.3 Å². The summed E-state index contributed by atoms with van der Waals surface area (Å²) < 4.78 is 5.15. The number of hydrogen-bond donors (Lipinski definition) is 0. The molecule has 0 aromatic heterocycles. The molecule has 2 amide bonds. The second kappa shape index (κ2) is 8.07. The summed E-state index contributed by atoms with van der Waals surface area (Å²) in [6.07, 6.45) is 2.81. The van der Waals surface area contributed by atoms with Gasteiger partial charge < -0.3 is 14.5 Å². The highest BCUT2D eigenvalue weighted by Gasteiger charge is 2.48. The van der Waals surface area contributed by atoms with Crippen LogP contribution in [-0.4, -0.2) is 54.9 Å². The number of carbonyl (C=O) groups is 2. The van der Waals surface area contributed by atoms with Gasteiger partial charge in [-0.05, 0) is 54.8 Å². The van der Waals surface area contributed by atoms with E-state index in [2.05, 4.69) is 0 Å². The number of piperazine rings is 1. The fraction of sp³-hybridized carbons (Fsp3) is 0.391. The van der Waals surface area contributed by atoms with Gasteiger partial charge in [-0.25, -0.2) is 0 Å². The molecule has 29 heavy (non-hydrogen) atoms. The lowest BCUT2D eigenvalue weighted by atomic mass is 9.63. The van der Waals surface area contributed by atoms with E-state index in [0.29, 0.717) is 36.8 Å². The molecule has 1 aliphatic heterocycles. The third-order valence-corrected chi connectivity index (χ3v) is 6.46. The van der Waals surface area contributed by atoms with Crippen molar-refractivity contribution in [3.8, 4) is 5.75 Å². The summed E-state index contributed by atoms with van der Waals surface area (Å²) in [5.74, 6) is 0.906. The van der Waals surface area contributed by atoms with E-state index in [0.717, 1.165) is 30.6 Å². The maximum absolute atomic E-state index is 13.4. The van der Waals surface area contributed by atoms with Gasteiger partial charge in [-0.1, -0.05) is 30.2 Å². The van der Waals surface area contributed by atoms with E-state index < -0.39 is 5.41 Å². The van der Waals surface area contributed by atoms with Gasteiger partial charge in [-0.2, -0.15) is 0 Å².